The fourth-order valence-electron chi connectivity index (χ4n) is 3.21. The molecule has 3 rings (SSSR count). The van der Waals surface area contributed by atoms with E-state index in [0.29, 0.717) is 0 Å². The number of ether oxygens (including phenoxy) is 1. The van der Waals surface area contributed by atoms with E-state index >= 15 is 0 Å². The van der Waals surface area contributed by atoms with Gasteiger partial charge in [0, 0.05) is 17.5 Å². The van der Waals surface area contributed by atoms with E-state index in [-0.39, 0.29) is 4.90 Å². The summed E-state index contributed by atoms with van der Waals surface area (Å²) in [5.41, 5.74) is 3.38. The lowest BCUT2D eigenvalue weighted by Crippen LogP contribution is -2.16. The fourth-order valence-corrected chi connectivity index (χ4v) is 4.76. The lowest BCUT2D eigenvalue weighted by atomic mass is 10.1. The number of hydrogen-bond donors (Lipinski definition) is 1. The largest absolute Gasteiger partial charge is 0.497 e. The highest BCUT2D eigenvalue weighted by Gasteiger charge is 2.21. The summed E-state index contributed by atoms with van der Waals surface area (Å²) in [7, 11) is -2.45. The zero-order valence-corrected chi connectivity index (χ0v) is 18.2. The van der Waals surface area contributed by atoms with Crippen LogP contribution in [0.4, 0.5) is 0 Å². The van der Waals surface area contributed by atoms with Crippen LogP contribution in [0.5, 0.6) is 5.75 Å². The lowest BCUT2D eigenvalue weighted by molar-refractivity contribution is 0.414. The molecule has 0 atom stereocenters. The van der Waals surface area contributed by atoms with Crippen molar-refractivity contribution in [1.29, 1.82) is 0 Å². The number of benzene rings is 2. The molecule has 2 aromatic carbocycles. The van der Waals surface area contributed by atoms with Crippen LogP contribution in [0.15, 0.2) is 69.9 Å². The molecule has 7 heteroatoms. The van der Waals surface area contributed by atoms with Crippen molar-refractivity contribution in [2.75, 3.05) is 13.7 Å². The van der Waals surface area contributed by atoms with Gasteiger partial charge in [0.15, 0.2) is 0 Å². The van der Waals surface area contributed by atoms with E-state index in [1.54, 1.807) is 31.0 Å². The van der Waals surface area contributed by atoms with E-state index in [2.05, 4.69) is 29.4 Å². The first-order valence-corrected chi connectivity index (χ1v) is 11.8. The Morgan fingerprint density at radius 3 is 2.59 bits per heavy atom. The first-order valence-electron chi connectivity index (χ1n) is 9.47. The quantitative estimate of drug-likeness (QED) is 0.459. The molecule has 0 aliphatic carbocycles. The van der Waals surface area contributed by atoms with Gasteiger partial charge in [0.05, 0.1) is 22.7 Å². The average molecular weight is 432 g/mol. The second-order valence-electron chi connectivity index (χ2n) is 6.65. The van der Waals surface area contributed by atoms with Crippen LogP contribution in [-0.2, 0) is 16.5 Å². The van der Waals surface area contributed by atoms with Gasteiger partial charge in [-0.2, -0.15) is 8.42 Å². The van der Waals surface area contributed by atoms with Gasteiger partial charge in [0.2, 0.25) is 0 Å². The maximum Gasteiger partial charge on any atom is 0.294 e. The van der Waals surface area contributed by atoms with Crippen LogP contribution in [-0.4, -0.2) is 31.5 Å². The smallest absolute Gasteiger partial charge is 0.294 e. The van der Waals surface area contributed by atoms with Crippen molar-refractivity contribution in [3.8, 4) is 5.75 Å². The van der Waals surface area contributed by atoms with Crippen LogP contribution >= 0.6 is 11.8 Å². The fraction of sp³-hybridized carbons (Fsp3) is 0.273. The maximum absolute atomic E-state index is 11.1. The maximum atomic E-state index is 11.1. The highest BCUT2D eigenvalue weighted by Crippen LogP contribution is 2.40. The van der Waals surface area contributed by atoms with Gasteiger partial charge < -0.3 is 9.64 Å². The Bertz CT molecular complexity index is 1010. The van der Waals surface area contributed by atoms with Crippen LogP contribution in [0, 0.1) is 0 Å². The number of allylic oxidation sites excluding steroid dienone is 1. The molecule has 154 valence electrons. The Labute approximate surface area is 176 Å². The molecule has 0 unspecified atom stereocenters. The Hall–Kier alpha value is -2.22. The predicted molar refractivity (Wildman–Crippen MR) is 118 cm³/mol. The highest BCUT2D eigenvalue weighted by atomic mass is 32.2. The van der Waals surface area contributed by atoms with Gasteiger partial charge >= 0.3 is 0 Å². The minimum atomic E-state index is -4.13. The third kappa shape index (κ3) is 5.44. The van der Waals surface area contributed by atoms with Gasteiger partial charge in [-0.25, -0.2) is 0 Å². The molecular formula is C22H25NO4S2. The summed E-state index contributed by atoms with van der Waals surface area (Å²) in [6.07, 6.45) is 4.99. The first-order chi connectivity index (χ1) is 13.9. The van der Waals surface area contributed by atoms with Gasteiger partial charge in [-0.05, 0) is 56.0 Å². The summed E-state index contributed by atoms with van der Waals surface area (Å²) in [6, 6.07) is 14.5. The molecule has 0 saturated heterocycles. The van der Waals surface area contributed by atoms with E-state index < -0.39 is 10.1 Å². The van der Waals surface area contributed by atoms with Crippen LogP contribution < -0.4 is 4.74 Å². The van der Waals surface area contributed by atoms with Crippen molar-refractivity contribution < 1.29 is 17.7 Å². The Morgan fingerprint density at radius 1 is 1.17 bits per heavy atom. The molecule has 1 heterocycles. The Morgan fingerprint density at radius 2 is 1.93 bits per heavy atom. The average Bonchev–Trinajstić information content (AvgIpc) is 3.14. The standard InChI is InChI=1S/C22H25NO4S2/c1-3-23-21(18-8-6-9-19(15-18)27-2)16-28-22(23)10-5-4-7-17-11-13-20(14-12-17)29(24,25)26/h6,8-16H,3-5,7H2,1-2H3,(H,24,25,26). The molecule has 29 heavy (non-hydrogen) atoms. The molecule has 0 aromatic heterocycles. The summed E-state index contributed by atoms with van der Waals surface area (Å²) >= 11 is 1.73. The molecule has 1 aliphatic rings. The number of thioether (sulfide) groups is 1. The SMILES string of the molecule is CCN1C(=CCCCc2ccc(S(=O)(=O)O)cc2)SC=C1c1cccc(OC)c1. The number of nitrogens with zero attached hydrogens (tertiary/aromatic N) is 1. The van der Waals surface area contributed by atoms with Gasteiger partial charge in [0.1, 0.15) is 5.75 Å². The normalized spacial score (nSPS) is 15.6. The summed E-state index contributed by atoms with van der Waals surface area (Å²) in [5, 5.41) is 3.41. The second kappa shape index (κ2) is 9.52. The minimum absolute atomic E-state index is 0.0690. The number of methoxy groups -OCH3 is 1. The third-order valence-electron chi connectivity index (χ3n) is 4.74. The van der Waals surface area contributed by atoms with Crippen LogP contribution in [0.2, 0.25) is 0 Å². The van der Waals surface area contributed by atoms with Crippen LogP contribution in [0.3, 0.4) is 0 Å². The van der Waals surface area contributed by atoms with Crippen molar-refractivity contribution in [3.05, 3.63) is 76.2 Å². The molecule has 0 saturated carbocycles. The number of unbranched alkanes of at least 4 members (excludes halogenated alkanes) is 1. The lowest BCUT2D eigenvalue weighted by Gasteiger charge is -2.22. The Balaban J connectivity index is 1.58. The molecule has 2 aromatic rings. The topological polar surface area (TPSA) is 66.8 Å². The summed E-state index contributed by atoms with van der Waals surface area (Å²) in [6.45, 7) is 3.03. The van der Waals surface area contributed by atoms with E-state index in [1.165, 1.54) is 22.9 Å². The molecule has 0 amide bonds. The first kappa shape index (κ1) is 21.5. The molecular weight excluding hydrogens is 406 g/mol. The molecule has 0 fully saturated rings. The Kier molecular flexibility index (Phi) is 7.05. The van der Waals surface area contributed by atoms with Gasteiger partial charge in [0.25, 0.3) is 10.1 Å². The third-order valence-corrected chi connectivity index (χ3v) is 6.58. The van der Waals surface area contributed by atoms with Crippen LogP contribution in [0.25, 0.3) is 5.70 Å². The molecule has 0 radical (unpaired) electrons. The molecule has 1 aliphatic heterocycles. The predicted octanol–water partition coefficient (Wildman–Crippen LogP) is 5.17. The summed E-state index contributed by atoms with van der Waals surface area (Å²) < 4.78 is 36.6. The van der Waals surface area contributed by atoms with E-state index in [0.717, 1.165) is 42.7 Å². The number of hydrogen-bond acceptors (Lipinski definition) is 5. The molecule has 0 bridgehead atoms. The molecule has 5 nitrogen and oxygen atoms in total. The molecule has 0 spiro atoms. The number of aryl methyl sites for hydroxylation is 1. The van der Waals surface area contributed by atoms with Gasteiger partial charge in [-0.15, -0.1) is 0 Å². The van der Waals surface area contributed by atoms with Crippen molar-refractivity contribution >= 4 is 27.6 Å². The van der Waals surface area contributed by atoms with Crippen molar-refractivity contribution in [2.45, 2.75) is 31.1 Å². The van der Waals surface area contributed by atoms with E-state index in [1.807, 2.05) is 18.2 Å². The zero-order valence-electron chi connectivity index (χ0n) is 16.5. The highest BCUT2D eigenvalue weighted by molar-refractivity contribution is 8.06. The summed E-state index contributed by atoms with van der Waals surface area (Å²) in [4.78, 5) is 2.24. The van der Waals surface area contributed by atoms with Crippen molar-refractivity contribution in [1.82, 2.24) is 4.90 Å². The second-order valence-corrected chi connectivity index (χ2v) is 8.96. The zero-order chi connectivity index (χ0) is 20.9. The molecule has 1 N–H and O–H groups in total. The van der Waals surface area contributed by atoms with Gasteiger partial charge in [-0.1, -0.05) is 42.1 Å². The number of rotatable bonds is 8. The summed E-state index contributed by atoms with van der Waals surface area (Å²) in [5.74, 6) is 0.849. The van der Waals surface area contributed by atoms with Crippen LogP contribution in [0.1, 0.15) is 30.9 Å². The van der Waals surface area contributed by atoms with Crippen molar-refractivity contribution in [2.24, 2.45) is 0 Å². The van der Waals surface area contributed by atoms with Gasteiger partial charge in [-0.3, -0.25) is 4.55 Å². The minimum Gasteiger partial charge on any atom is -0.497 e. The van der Waals surface area contributed by atoms with E-state index in [4.69, 9.17) is 9.29 Å². The van der Waals surface area contributed by atoms with Crippen molar-refractivity contribution in [3.63, 3.8) is 0 Å². The monoisotopic (exact) mass is 431 g/mol. The van der Waals surface area contributed by atoms with E-state index in [9.17, 15) is 8.42 Å².